The van der Waals surface area contributed by atoms with E-state index in [0.717, 1.165) is 33.1 Å². The molecule has 0 spiro atoms. The Morgan fingerprint density at radius 3 is 2.36 bits per heavy atom. The number of thiophene rings is 1. The molecule has 4 N–H and O–H groups in total. The predicted octanol–water partition coefficient (Wildman–Crippen LogP) is 6.33. The Morgan fingerprint density at radius 1 is 0.939 bits per heavy atom. The molecule has 1 aromatic heterocycles. The molecule has 0 radical (unpaired) electrons. The summed E-state index contributed by atoms with van der Waals surface area (Å²) in [7, 11) is 0. The number of carbonyl (C=O) groups is 1. The number of hydrogen-bond donors (Lipinski definition) is 3. The summed E-state index contributed by atoms with van der Waals surface area (Å²) < 4.78 is 0. The van der Waals surface area contributed by atoms with Crippen molar-refractivity contribution in [1.29, 1.82) is 0 Å². The van der Waals surface area contributed by atoms with Gasteiger partial charge in [0.1, 0.15) is 5.84 Å². The zero-order valence-electron chi connectivity index (χ0n) is 18.0. The quantitative estimate of drug-likeness (QED) is 0.203. The van der Waals surface area contributed by atoms with Crippen LogP contribution in [-0.2, 0) is 11.2 Å². The molecular formula is C27H25N3O2S. The number of carboxylic acid groups (broad SMARTS) is 1. The minimum absolute atomic E-state index is 0.0404. The summed E-state index contributed by atoms with van der Waals surface area (Å²) in [5.41, 5.74) is 10.8. The maximum absolute atomic E-state index is 11.7. The van der Waals surface area contributed by atoms with E-state index in [0.29, 0.717) is 12.3 Å². The molecule has 4 rings (SSSR count). The predicted molar refractivity (Wildman–Crippen MR) is 136 cm³/mol. The van der Waals surface area contributed by atoms with Crippen molar-refractivity contribution in [1.82, 2.24) is 0 Å². The van der Waals surface area contributed by atoms with E-state index in [1.54, 1.807) is 11.3 Å². The van der Waals surface area contributed by atoms with Gasteiger partial charge in [-0.25, -0.2) is 4.99 Å². The third-order valence-corrected chi connectivity index (χ3v) is 6.21. The van der Waals surface area contributed by atoms with E-state index in [-0.39, 0.29) is 12.3 Å². The fraction of sp³-hybridized carbons (Fsp3) is 0.111. The van der Waals surface area contributed by atoms with Gasteiger partial charge in [-0.1, -0.05) is 54.6 Å². The molecule has 6 heteroatoms. The summed E-state index contributed by atoms with van der Waals surface area (Å²) >= 11 is 1.55. The first-order valence-electron chi connectivity index (χ1n) is 10.7. The molecule has 0 fully saturated rings. The zero-order chi connectivity index (χ0) is 23.0. The molecule has 3 aromatic carbocycles. The molecule has 5 nitrogen and oxygen atoms in total. The SMILES string of the molecule is NC(=Nc1ccc(CC(CC(=O)O)c2ccccc2Nc2ccccc2)cc1)c1cccs1. The topological polar surface area (TPSA) is 87.7 Å². The lowest BCUT2D eigenvalue weighted by Gasteiger charge is -2.20. The van der Waals surface area contributed by atoms with Crippen LogP contribution in [0.2, 0.25) is 0 Å². The van der Waals surface area contributed by atoms with Gasteiger partial charge in [0.05, 0.1) is 17.0 Å². The number of benzene rings is 3. The van der Waals surface area contributed by atoms with Crippen molar-refractivity contribution in [3.05, 3.63) is 112 Å². The van der Waals surface area contributed by atoms with Crippen LogP contribution in [0.3, 0.4) is 0 Å². The van der Waals surface area contributed by atoms with Crippen LogP contribution in [0.15, 0.2) is 101 Å². The van der Waals surface area contributed by atoms with Gasteiger partial charge in [0.25, 0.3) is 0 Å². The van der Waals surface area contributed by atoms with Crippen molar-refractivity contribution in [2.75, 3.05) is 5.32 Å². The Hall–Kier alpha value is -3.90. The lowest BCUT2D eigenvalue weighted by atomic mass is 9.88. The number of hydrogen-bond acceptors (Lipinski definition) is 4. The fourth-order valence-electron chi connectivity index (χ4n) is 3.76. The lowest BCUT2D eigenvalue weighted by Crippen LogP contribution is -2.11. The van der Waals surface area contributed by atoms with Crippen LogP contribution in [0.4, 0.5) is 17.1 Å². The van der Waals surface area contributed by atoms with Crippen molar-refractivity contribution < 1.29 is 9.90 Å². The average Bonchev–Trinajstić information content (AvgIpc) is 3.36. The van der Waals surface area contributed by atoms with Gasteiger partial charge in [-0.2, -0.15) is 0 Å². The smallest absolute Gasteiger partial charge is 0.303 e. The maximum atomic E-state index is 11.7. The number of anilines is 2. The third-order valence-electron chi connectivity index (χ3n) is 5.32. The van der Waals surface area contributed by atoms with Crippen LogP contribution in [0, 0.1) is 0 Å². The van der Waals surface area contributed by atoms with Crippen molar-refractivity contribution in [3.8, 4) is 0 Å². The van der Waals surface area contributed by atoms with Crippen LogP contribution in [0.5, 0.6) is 0 Å². The standard InChI is InChI=1S/C27H25N3O2S/c28-27(25-11-6-16-33-25)30-22-14-12-19(13-15-22)17-20(18-26(31)32)23-9-4-5-10-24(23)29-21-7-2-1-3-8-21/h1-16,20,29H,17-18H2,(H2,28,30)(H,31,32). The molecule has 4 aromatic rings. The van der Waals surface area contributed by atoms with Crippen molar-refractivity contribution in [2.45, 2.75) is 18.8 Å². The van der Waals surface area contributed by atoms with E-state index in [2.05, 4.69) is 10.3 Å². The minimum Gasteiger partial charge on any atom is -0.481 e. The van der Waals surface area contributed by atoms with Gasteiger partial charge < -0.3 is 16.2 Å². The number of para-hydroxylation sites is 2. The monoisotopic (exact) mass is 455 g/mol. The van der Waals surface area contributed by atoms with Crippen LogP contribution < -0.4 is 11.1 Å². The fourth-order valence-corrected chi connectivity index (χ4v) is 4.38. The second-order valence-corrected chi connectivity index (χ2v) is 8.67. The van der Waals surface area contributed by atoms with Crippen LogP contribution in [-0.4, -0.2) is 16.9 Å². The highest BCUT2D eigenvalue weighted by molar-refractivity contribution is 7.12. The van der Waals surface area contributed by atoms with E-state index in [9.17, 15) is 9.90 Å². The molecule has 1 heterocycles. The van der Waals surface area contributed by atoms with Gasteiger partial charge in [0.15, 0.2) is 0 Å². The van der Waals surface area contributed by atoms with Gasteiger partial charge in [-0.15, -0.1) is 11.3 Å². The van der Waals surface area contributed by atoms with Crippen molar-refractivity contribution >= 4 is 40.2 Å². The Balaban J connectivity index is 1.55. The largest absolute Gasteiger partial charge is 0.481 e. The zero-order valence-corrected chi connectivity index (χ0v) is 18.8. The van der Waals surface area contributed by atoms with E-state index in [4.69, 9.17) is 5.73 Å². The molecule has 0 aliphatic heterocycles. The van der Waals surface area contributed by atoms with E-state index in [1.165, 1.54) is 0 Å². The van der Waals surface area contributed by atoms with E-state index >= 15 is 0 Å². The third kappa shape index (κ3) is 6.08. The Kier molecular flexibility index (Phi) is 7.17. The van der Waals surface area contributed by atoms with Gasteiger partial charge in [0.2, 0.25) is 0 Å². The first-order chi connectivity index (χ1) is 16.1. The van der Waals surface area contributed by atoms with Crippen molar-refractivity contribution in [3.63, 3.8) is 0 Å². The summed E-state index contributed by atoms with van der Waals surface area (Å²) in [5, 5.41) is 15.0. The molecule has 1 atom stereocenters. The average molecular weight is 456 g/mol. The normalized spacial score (nSPS) is 12.3. The minimum atomic E-state index is -0.820. The van der Waals surface area contributed by atoms with Crippen molar-refractivity contribution in [2.24, 2.45) is 10.7 Å². The molecule has 0 saturated heterocycles. The Labute approximate surface area is 197 Å². The number of nitrogens with one attached hydrogen (secondary N) is 1. The van der Waals surface area contributed by atoms with E-state index < -0.39 is 5.97 Å². The summed E-state index contributed by atoms with van der Waals surface area (Å²) in [4.78, 5) is 17.1. The highest BCUT2D eigenvalue weighted by Gasteiger charge is 2.19. The number of amidine groups is 1. The molecule has 0 aliphatic carbocycles. The van der Waals surface area contributed by atoms with E-state index in [1.807, 2.05) is 96.4 Å². The second-order valence-electron chi connectivity index (χ2n) is 7.72. The number of nitrogens with two attached hydrogens (primary N) is 1. The number of rotatable bonds is 9. The number of aliphatic carboxylic acids is 1. The highest BCUT2D eigenvalue weighted by Crippen LogP contribution is 2.32. The maximum Gasteiger partial charge on any atom is 0.303 e. The van der Waals surface area contributed by atoms with Gasteiger partial charge >= 0.3 is 5.97 Å². The summed E-state index contributed by atoms with van der Waals surface area (Å²) in [6.07, 6.45) is 0.642. The summed E-state index contributed by atoms with van der Waals surface area (Å²) in [6, 6.07) is 29.5. The summed E-state index contributed by atoms with van der Waals surface area (Å²) in [6.45, 7) is 0. The van der Waals surface area contributed by atoms with Crippen LogP contribution in [0.25, 0.3) is 0 Å². The highest BCUT2D eigenvalue weighted by atomic mass is 32.1. The molecule has 0 bridgehead atoms. The molecule has 0 aliphatic rings. The molecule has 0 saturated carbocycles. The molecule has 0 amide bonds. The lowest BCUT2D eigenvalue weighted by molar-refractivity contribution is -0.137. The first kappa shape index (κ1) is 22.3. The van der Waals surface area contributed by atoms with Gasteiger partial charge in [0, 0.05) is 17.3 Å². The Bertz CT molecular complexity index is 1220. The van der Waals surface area contributed by atoms with Gasteiger partial charge in [-0.3, -0.25) is 4.79 Å². The van der Waals surface area contributed by atoms with Gasteiger partial charge in [-0.05, 0) is 59.3 Å². The number of carboxylic acids is 1. The van der Waals surface area contributed by atoms with Crippen LogP contribution in [0.1, 0.15) is 28.3 Å². The first-order valence-corrected chi connectivity index (χ1v) is 11.6. The molecule has 33 heavy (non-hydrogen) atoms. The molecule has 166 valence electrons. The number of aliphatic imine (C=N–C) groups is 1. The molecular weight excluding hydrogens is 430 g/mol. The number of nitrogens with zero attached hydrogens (tertiary/aromatic N) is 1. The van der Waals surface area contributed by atoms with Crippen LogP contribution >= 0.6 is 11.3 Å². The summed E-state index contributed by atoms with van der Waals surface area (Å²) in [5.74, 6) is -0.512. The molecule has 1 unspecified atom stereocenters. The Morgan fingerprint density at radius 2 is 1.67 bits per heavy atom. The second kappa shape index (κ2) is 10.6.